The maximum Gasteiger partial charge on any atom is 0.290 e. The van der Waals surface area contributed by atoms with Crippen molar-refractivity contribution in [2.45, 2.75) is 31.2 Å². The van der Waals surface area contributed by atoms with Gasteiger partial charge in [-0.25, -0.2) is 4.98 Å². The number of nitrogens with zero attached hydrogens (tertiary/aromatic N) is 4. The summed E-state index contributed by atoms with van der Waals surface area (Å²) in [5, 5.41) is 11.4. The van der Waals surface area contributed by atoms with Crippen LogP contribution in [-0.2, 0) is 10.6 Å². The minimum absolute atomic E-state index is 0.0454. The number of rotatable bonds is 6. The van der Waals surface area contributed by atoms with Gasteiger partial charge in [-0.15, -0.1) is 0 Å². The van der Waals surface area contributed by atoms with Crippen LogP contribution in [0, 0.1) is 13.8 Å². The average molecular weight is 571 g/mol. The first-order valence-electron chi connectivity index (χ1n) is 12.0. The number of oxime groups is 1. The third-order valence-electron chi connectivity index (χ3n) is 6.98. The van der Waals surface area contributed by atoms with Crippen LogP contribution in [0.1, 0.15) is 28.8 Å². The number of amidine groups is 1. The summed E-state index contributed by atoms with van der Waals surface area (Å²) in [5.41, 5.74) is 0.977. The van der Waals surface area contributed by atoms with E-state index in [1.54, 1.807) is 59.6 Å². The van der Waals surface area contributed by atoms with E-state index in [-0.39, 0.29) is 17.0 Å². The maximum absolute atomic E-state index is 14.2. The number of hydrogen-bond acceptors (Lipinski definition) is 6. The fraction of sp³-hybridized carbons (Fsp3) is 0.308. The standard InChI is InChI=1S/C26H27F5N4O3S/c1-17-4-7-21(8-5-17)26(15-36)35-14-22(39(27,28,29,30)31)12-20(25(35)33-38-26)10-19-6-9-23(24(11-19)37-3)34-13-18(2)32-16-34/h4-11,13,16,22,36H,12,14-15H2,1-3H3/b20-10+. The van der Waals surface area contributed by atoms with Crippen LogP contribution in [0.25, 0.3) is 11.8 Å². The zero-order valence-electron chi connectivity index (χ0n) is 21.3. The molecule has 0 bridgehead atoms. The highest BCUT2D eigenvalue weighted by Gasteiger charge is 2.72. The predicted molar refractivity (Wildman–Crippen MR) is 140 cm³/mol. The van der Waals surface area contributed by atoms with E-state index in [9.17, 15) is 24.5 Å². The van der Waals surface area contributed by atoms with E-state index >= 15 is 0 Å². The lowest BCUT2D eigenvalue weighted by atomic mass is 9.94. The van der Waals surface area contributed by atoms with Crippen molar-refractivity contribution in [1.82, 2.24) is 14.5 Å². The molecular formula is C26H27F5N4O3S. The highest BCUT2D eigenvalue weighted by atomic mass is 32.5. The summed E-state index contributed by atoms with van der Waals surface area (Å²) in [6, 6.07) is 11.4. The molecular weight excluding hydrogens is 543 g/mol. The van der Waals surface area contributed by atoms with E-state index in [2.05, 4.69) is 10.1 Å². The Morgan fingerprint density at radius 2 is 1.85 bits per heavy atom. The van der Waals surface area contributed by atoms with Crippen molar-refractivity contribution in [2.24, 2.45) is 5.16 Å². The average Bonchev–Trinajstić information content (AvgIpc) is 3.47. The number of benzene rings is 2. The maximum atomic E-state index is 14.2. The number of aliphatic hydroxyl groups is 1. The first-order valence-corrected chi connectivity index (χ1v) is 14.0. The lowest BCUT2D eigenvalue weighted by Crippen LogP contribution is -2.56. The van der Waals surface area contributed by atoms with Crippen LogP contribution in [-0.4, -0.2) is 50.9 Å². The zero-order chi connectivity index (χ0) is 28.3. The van der Waals surface area contributed by atoms with Crippen molar-refractivity contribution in [3.8, 4) is 11.4 Å². The van der Waals surface area contributed by atoms with E-state index in [1.807, 2.05) is 13.8 Å². The predicted octanol–water partition coefficient (Wildman–Crippen LogP) is 6.44. The normalized spacial score (nSPS) is 24.0. The highest BCUT2D eigenvalue weighted by molar-refractivity contribution is 8.46. The van der Waals surface area contributed by atoms with E-state index in [0.717, 1.165) is 16.2 Å². The number of piperidine rings is 1. The van der Waals surface area contributed by atoms with Crippen LogP contribution in [0.2, 0.25) is 0 Å². The molecule has 3 aromatic rings. The Balaban J connectivity index is 1.60. The highest BCUT2D eigenvalue weighted by Crippen LogP contribution is 3.01. The minimum Gasteiger partial charge on any atom is -0.495 e. The Labute approximate surface area is 221 Å². The molecule has 7 nitrogen and oxygen atoms in total. The summed E-state index contributed by atoms with van der Waals surface area (Å²) >= 11 is 0. The Hall–Kier alpha value is -3.58. The van der Waals surface area contributed by atoms with Gasteiger partial charge in [-0.3, -0.25) is 0 Å². The summed E-state index contributed by atoms with van der Waals surface area (Å²) in [7, 11) is -8.53. The first kappa shape index (κ1) is 27.0. The molecule has 1 fully saturated rings. The van der Waals surface area contributed by atoms with Crippen molar-refractivity contribution in [3.63, 3.8) is 0 Å². The molecule has 0 aliphatic carbocycles. The molecule has 2 atom stereocenters. The van der Waals surface area contributed by atoms with Crippen molar-refractivity contribution in [2.75, 3.05) is 20.3 Å². The van der Waals surface area contributed by atoms with E-state index in [4.69, 9.17) is 9.57 Å². The molecule has 0 amide bonds. The number of ether oxygens (including phenoxy) is 1. The smallest absolute Gasteiger partial charge is 0.290 e. The summed E-state index contributed by atoms with van der Waals surface area (Å²) in [6.07, 6.45) is 3.72. The van der Waals surface area contributed by atoms with E-state index in [1.165, 1.54) is 13.2 Å². The van der Waals surface area contributed by atoms with Crippen LogP contribution in [0.5, 0.6) is 5.75 Å². The van der Waals surface area contributed by atoms with Crippen LogP contribution in [0.15, 0.2) is 65.7 Å². The van der Waals surface area contributed by atoms with E-state index in [0.29, 0.717) is 17.0 Å². The number of hydrogen-bond donors (Lipinski definition) is 1. The van der Waals surface area contributed by atoms with Gasteiger partial charge < -0.3 is 24.1 Å². The van der Waals surface area contributed by atoms with Crippen LogP contribution in [0.3, 0.4) is 0 Å². The second-order valence-corrected chi connectivity index (χ2v) is 12.5. The van der Waals surface area contributed by atoms with Crippen LogP contribution in [0.4, 0.5) is 19.4 Å². The van der Waals surface area contributed by atoms with Gasteiger partial charge in [0.15, 0.2) is 5.84 Å². The molecule has 1 aromatic heterocycles. The quantitative estimate of drug-likeness (QED) is 0.345. The molecule has 2 aromatic carbocycles. The van der Waals surface area contributed by atoms with Gasteiger partial charge in [-0.1, -0.05) is 60.5 Å². The van der Waals surface area contributed by atoms with Crippen LogP contribution < -0.4 is 4.74 Å². The lowest BCUT2D eigenvalue weighted by molar-refractivity contribution is -0.137. The SMILES string of the molecule is COc1cc(/C=C2\CC(S(F)(F)(F)(F)F)CN3C2=NOC3(CO)c2ccc(C)cc2)ccc1-n1cnc(C)c1. The molecule has 0 saturated carbocycles. The van der Waals surface area contributed by atoms with Gasteiger partial charge in [-0.2, -0.15) is 0 Å². The molecule has 1 saturated heterocycles. The third-order valence-corrected chi connectivity index (χ3v) is 8.55. The molecule has 3 heterocycles. The third kappa shape index (κ3) is 4.96. The number of fused-ring (bicyclic) bond motifs is 1. The van der Waals surface area contributed by atoms with E-state index < -0.39 is 40.8 Å². The molecule has 2 aliphatic heterocycles. The molecule has 210 valence electrons. The topological polar surface area (TPSA) is 72.1 Å². The summed E-state index contributed by atoms with van der Waals surface area (Å²) in [4.78, 5) is 10.7. The second kappa shape index (κ2) is 8.46. The van der Waals surface area contributed by atoms with Gasteiger partial charge in [0.1, 0.15) is 17.6 Å². The van der Waals surface area contributed by atoms with Gasteiger partial charge in [0.2, 0.25) is 0 Å². The minimum atomic E-state index is -9.97. The lowest BCUT2D eigenvalue weighted by Gasteiger charge is -2.52. The van der Waals surface area contributed by atoms with Crippen molar-refractivity contribution in [1.29, 1.82) is 0 Å². The second-order valence-electron chi connectivity index (χ2n) is 9.80. The molecule has 5 rings (SSSR count). The summed E-state index contributed by atoms with van der Waals surface area (Å²) < 4.78 is 78.3. The Morgan fingerprint density at radius 3 is 2.44 bits per heavy atom. The Morgan fingerprint density at radius 1 is 1.13 bits per heavy atom. The largest absolute Gasteiger partial charge is 0.495 e. The molecule has 0 spiro atoms. The van der Waals surface area contributed by atoms with Gasteiger partial charge in [0.05, 0.1) is 24.8 Å². The zero-order valence-corrected chi connectivity index (χ0v) is 22.1. The monoisotopic (exact) mass is 570 g/mol. The molecule has 13 heteroatoms. The fourth-order valence-corrected chi connectivity index (χ4v) is 5.79. The molecule has 0 radical (unpaired) electrons. The van der Waals surface area contributed by atoms with Crippen LogP contribution >= 0.6 is 10.2 Å². The number of methoxy groups -OCH3 is 1. The number of aryl methyl sites for hydroxylation is 2. The van der Waals surface area contributed by atoms with Gasteiger partial charge in [-0.05, 0) is 44.0 Å². The number of imidazole rings is 1. The molecule has 1 N–H and O–H groups in total. The van der Waals surface area contributed by atoms with Crippen molar-refractivity contribution in [3.05, 3.63) is 82.9 Å². The number of aliphatic hydroxyl groups excluding tert-OH is 1. The summed E-state index contributed by atoms with van der Waals surface area (Å²) in [5.74, 6) is 0.351. The molecule has 2 unspecified atom stereocenters. The van der Waals surface area contributed by atoms with Gasteiger partial charge >= 0.3 is 0 Å². The van der Waals surface area contributed by atoms with Crippen molar-refractivity contribution >= 4 is 22.1 Å². The number of halogens is 5. The van der Waals surface area contributed by atoms with Gasteiger partial charge in [0.25, 0.3) is 15.9 Å². The van der Waals surface area contributed by atoms with Crippen molar-refractivity contribution < 1.29 is 34.1 Å². The summed E-state index contributed by atoms with van der Waals surface area (Å²) in [6.45, 7) is 1.70. The fourth-order valence-electron chi connectivity index (χ4n) is 4.86. The molecule has 39 heavy (non-hydrogen) atoms. The Kier molecular flexibility index (Phi) is 5.86. The number of aromatic nitrogens is 2. The molecule has 2 aliphatic rings. The Bertz CT molecular complexity index is 1490. The first-order chi connectivity index (χ1) is 18.1. The van der Waals surface area contributed by atoms with Gasteiger partial charge in [0, 0.05) is 23.9 Å².